The smallest absolute Gasteiger partial charge is 0.336 e. The maximum Gasteiger partial charge on any atom is 0.336 e. The quantitative estimate of drug-likeness (QED) is 0.580. The third-order valence-electron chi connectivity index (χ3n) is 4.87. The summed E-state index contributed by atoms with van der Waals surface area (Å²) in [5.74, 6) is -4.03. The summed E-state index contributed by atoms with van der Waals surface area (Å²) in [4.78, 5) is 15.6. The molecule has 0 saturated carbocycles. The standard InChI is InChI=1S/C23H25F2N3O2/c1-5-23(24,25)20-26-21(22(2,3)4)28(27-20)14-15-10-12-16(13-11-15)17-8-6-7-9-18(17)19(29)30/h6-13H,5,14H2,1-4H3,(H,29,30). The summed E-state index contributed by atoms with van der Waals surface area (Å²) in [5, 5.41) is 13.5. The number of carboxylic acid groups (broad SMARTS) is 1. The minimum absolute atomic E-state index is 0.225. The molecule has 3 aromatic rings. The summed E-state index contributed by atoms with van der Waals surface area (Å²) >= 11 is 0. The van der Waals surface area contributed by atoms with E-state index in [2.05, 4.69) is 10.1 Å². The first kappa shape index (κ1) is 21.6. The Balaban J connectivity index is 1.94. The van der Waals surface area contributed by atoms with E-state index in [1.807, 2.05) is 45.0 Å². The van der Waals surface area contributed by atoms with Gasteiger partial charge in [-0.05, 0) is 22.8 Å². The zero-order chi connectivity index (χ0) is 22.1. The van der Waals surface area contributed by atoms with Gasteiger partial charge in [-0.1, -0.05) is 70.2 Å². The lowest BCUT2D eigenvalue weighted by molar-refractivity contribution is -0.0177. The minimum atomic E-state index is -3.07. The van der Waals surface area contributed by atoms with Crippen LogP contribution in [0.4, 0.5) is 8.78 Å². The van der Waals surface area contributed by atoms with Gasteiger partial charge in [-0.25, -0.2) is 14.5 Å². The van der Waals surface area contributed by atoms with E-state index in [1.165, 1.54) is 11.6 Å². The molecular formula is C23H25F2N3O2. The van der Waals surface area contributed by atoms with Gasteiger partial charge in [-0.2, -0.15) is 8.78 Å². The van der Waals surface area contributed by atoms with E-state index in [0.717, 1.165) is 11.1 Å². The number of carboxylic acids is 1. The van der Waals surface area contributed by atoms with Gasteiger partial charge in [0.1, 0.15) is 5.82 Å². The third kappa shape index (κ3) is 4.40. The van der Waals surface area contributed by atoms with Crippen LogP contribution in [0.2, 0.25) is 0 Å². The molecule has 1 aromatic heterocycles. The van der Waals surface area contributed by atoms with Crippen molar-refractivity contribution in [3.8, 4) is 11.1 Å². The van der Waals surface area contributed by atoms with Gasteiger partial charge >= 0.3 is 11.9 Å². The van der Waals surface area contributed by atoms with E-state index < -0.39 is 23.1 Å². The molecule has 0 radical (unpaired) electrons. The number of aromatic nitrogens is 3. The average molecular weight is 413 g/mol. The number of hydrogen-bond donors (Lipinski definition) is 1. The largest absolute Gasteiger partial charge is 0.478 e. The fraction of sp³-hybridized carbons (Fsp3) is 0.348. The Morgan fingerprint density at radius 2 is 1.70 bits per heavy atom. The predicted molar refractivity (Wildman–Crippen MR) is 111 cm³/mol. The summed E-state index contributed by atoms with van der Waals surface area (Å²) in [6.07, 6.45) is -0.363. The number of rotatable bonds is 6. The van der Waals surface area contributed by atoms with E-state index in [0.29, 0.717) is 17.9 Å². The van der Waals surface area contributed by atoms with Crippen LogP contribution in [0.3, 0.4) is 0 Å². The Kier molecular flexibility index (Phi) is 5.74. The molecule has 0 spiro atoms. The van der Waals surface area contributed by atoms with Crippen molar-refractivity contribution in [2.45, 2.75) is 52.0 Å². The van der Waals surface area contributed by atoms with Crippen molar-refractivity contribution in [1.29, 1.82) is 0 Å². The number of aromatic carboxylic acids is 1. The van der Waals surface area contributed by atoms with E-state index in [1.54, 1.807) is 24.3 Å². The lowest BCUT2D eigenvalue weighted by atomic mass is 9.95. The second kappa shape index (κ2) is 7.97. The SMILES string of the molecule is CCC(F)(F)c1nc(C(C)(C)C)n(Cc2ccc(-c3ccccc3C(=O)O)cc2)n1. The zero-order valence-corrected chi connectivity index (χ0v) is 17.5. The number of carbonyl (C=O) groups is 1. The van der Waals surface area contributed by atoms with Gasteiger partial charge in [0.25, 0.3) is 0 Å². The first-order valence-corrected chi connectivity index (χ1v) is 9.78. The van der Waals surface area contributed by atoms with Crippen LogP contribution in [-0.2, 0) is 17.9 Å². The van der Waals surface area contributed by atoms with Gasteiger partial charge in [0.15, 0.2) is 0 Å². The highest BCUT2D eigenvalue weighted by molar-refractivity contribution is 5.95. The van der Waals surface area contributed by atoms with Crippen LogP contribution in [0, 0.1) is 0 Å². The summed E-state index contributed by atoms with van der Waals surface area (Å²) in [6, 6.07) is 14.1. The highest BCUT2D eigenvalue weighted by Gasteiger charge is 2.36. The molecule has 3 rings (SSSR count). The van der Waals surface area contributed by atoms with Crippen molar-refractivity contribution in [2.24, 2.45) is 0 Å². The van der Waals surface area contributed by atoms with Crippen LogP contribution in [-0.4, -0.2) is 25.8 Å². The maximum absolute atomic E-state index is 14.2. The maximum atomic E-state index is 14.2. The highest BCUT2D eigenvalue weighted by Crippen LogP contribution is 2.31. The Labute approximate surface area is 174 Å². The zero-order valence-electron chi connectivity index (χ0n) is 17.5. The lowest BCUT2D eigenvalue weighted by Gasteiger charge is -2.18. The number of benzene rings is 2. The Morgan fingerprint density at radius 3 is 2.27 bits per heavy atom. The topological polar surface area (TPSA) is 68.0 Å². The molecule has 0 amide bonds. The molecule has 0 bridgehead atoms. The van der Waals surface area contributed by atoms with Crippen molar-refractivity contribution < 1.29 is 18.7 Å². The predicted octanol–water partition coefficient (Wildman–Crippen LogP) is 5.49. The van der Waals surface area contributed by atoms with Crippen LogP contribution < -0.4 is 0 Å². The normalized spacial score (nSPS) is 12.2. The second-order valence-electron chi connectivity index (χ2n) is 8.27. The molecule has 7 heteroatoms. The summed E-state index contributed by atoms with van der Waals surface area (Å²) < 4.78 is 29.9. The number of nitrogens with zero attached hydrogens (tertiary/aromatic N) is 3. The molecule has 0 fully saturated rings. The molecule has 0 aliphatic rings. The van der Waals surface area contributed by atoms with Crippen molar-refractivity contribution in [3.63, 3.8) is 0 Å². The fourth-order valence-corrected chi connectivity index (χ4v) is 3.20. The second-order valence-corrected chi connectivity index (χ2v) is 8.27. The van der Waals surface area contributed by atoms with E-state index in [4.69, 9.17) is 0 Å². The van der Waals surface area contributed by atoms with Crippen molar-refractivity contribution in [3.05, 3.63) is 71.3 Å². The molecule has 0 saturated heterocycles. The molecule has 158 valence electrons. The molecule has 5 nitrogen and oxygen atoms in total. The first-order valence-electron chi connectivity index (χ1n) is 9.78. The Bertz CT molecular complexity index is 1050. The van der Waals surface area contributed by atoms with Gasteiger partial charge in [-0.3, -0.25) is 0 Å². The molecule has 1 heterocycles. The molecule has 30 heavy (non-hydrogen) atoms. The van der Waals surface area contributed by atoms with Crippen molar-refractivity contribution >= 4 is 5.97 Å². The molecular weight excluding hydrogens is 388 g/mol. The van der Waals surface area contributed by atoms with Gasteiger partial charge in [-0.15, -0.1) is 5.10 Å². The molecule has 0 aliphatic carbocycles. The van der Waals surface area contributed by atoms with Crippen LogP contribution in [0.1, 0.15) is 61.7 Å². The Morgan fingerprint density at radius 1 is 1.07 bits per heavy atom. The van der Waals surface area contributed by atoms with E-state index in [-0.39, 0.29) is 12.0 Å². The van der Waals surface area contributed by atoms with Crippen molar-refractivity contribution in [2.75, 3.05) is 0 Å². The van der Waals surface area contributed by atoms with Crippen LogP contribution in [0.5, 0.6) is 0 Å². The molecule has 0 atom stereocenters. The Hall–Kier alpha value is -3.09. The van der Waals surface area contributed by atoms with Crippen LogP contribution in [0.15, 0.2) is 48.5 Å². The molecule has 0 unspecified atom stereocenters. The molecule has 2 aromatic carbocycles. The van der Waals surface area contributed by atoms with Crippen LogP contribution in [0.25, 0.3) is 11.1 Å². The fourth-order valence-electron chi connectivity index (χ4n) is 3.20. The summed E-state index contributed by atoms with van der Waals surface area (Å²) in [7, 11) is 0. The minimum Gasteiger partial charge on any atom is -0.478 e. The summed E-state index contributed by atoms with van der Waals surface area (Å²) in [5.41, 5.74) is 2.02. The average Bonchev–Trinajstić information content (AvgIpc) is 3.14. The van der Waals surface area contributed by atoms with Crippen LogP contribution >= 0.6 is 0 Å². The van der Waals surface area contributed by atoms with Gasteiger partial charge < -0.3 is 5.11 Å². The molecule has 1 N–H and O–H groups in total. The number of hydrogen-bond acceptors (Lipinski definition) is 3. The number of halogens is 2. The number of alkyl halides is 2. The van der Waals surface area contributed by atoms with Gasteiger partial charge in [0, 0.05) is 11.8 Å². The third-order valence-corrected chi connectivity index (χ3v) is 4.87. The molecule has 0 aliphatic heterocycles. The van der Waals surface area contributed by atoms with E-state index >= 15 is 0 Å². The van der Waals surface area contributed by atoms with Gasteiger partial charge in [0.05, 0.1) is 12.1 Å². The van der Waals surface area contributed by atoms with E-state index in [9.17, 15) is 18.7 Å². The summed E-state index contributed by atoms with van der Waals surface area (Å²) in [6.45, 7) is 7.43. The monoisotopic (exact) mass is 413 g/mol. The van der Waals surface area contributed by atoms with Gasteiger partial charge in [0.2, 0.25) is 5.82 Å². The first-order chi connectivity index (χ1) is 14.0. The highest BCUT2D eigenvalue weighted by atomic mass is 19.3. The van der Waals surface area contributed by atoms with Crippen molar-refractivity contribution in [1.82, 2.24) is 14.8 Å². The lowest BCUT2D eigenvalue weighted by Crippen LogP contribution is -2.20.